The molecule has 1 fully saturated rings. The van der Waals surface area contributed by atoms with E-state index in [0.717, 1.165) is 11.1 Å². The van der Waals surface area contributed by atoms with E-state index in [1.54, 1.807) is 0 Å². The van der Waals surface area contributed by atoms with Crippen molar-refractivity contribution >= 4 is 17.9 Å². The third-order valence-electron chi connectivity index (χ3n) is 4.63. The first-order chi connectivity index (χ1) is 12.5. The van der Waals surface area contributed by atoms with Gasteiger partial charge in [0.15, 0.2) is 0 Å². The monoisotopic (exact) mass is 378 g/mol. The summed E-state index contributed by atoms with van der Waals surface area (Å²) in [7, 11) is 0. The fraction of sp³-hybridized carbons (Fsp3) is 0.571. The molecule has 0 aromatic carbocycles. The van der Waals surface area contributed by atoms with Gasteiger partial charge in [0.1, 0.15) is 18.3 Å². The first-order valence-corrected chi connectivity index (χ1v) is 9.04. The van der Waals surface area contributed by atoms with E-state index in [4.69, 9.17) is 14.2 Å². The molecule has 0 heterocycles. The highest BCUT2D eigenvalue weighted by Crippen LogP contribution is 2.33. The van der Waals surface area contributed by atoms with Crippen LogP contribution in [0.1, 0.15) is 53.4 Å². The van der Waals surface area contributed by atoms with E-state index in [-0.39, 0.29) is 5.92 Å². The van der Waals surface area contributed by atoms with Gasteiger partial charge in [0.25, 0.3) is 0 Å². The lowest BCUT2D eigenvalue weighted by atomic mass is 9.82. The molecule has 6 heteroatoms. The Hall–Kier alpha value is -2.37. The smallest absolute Gasteiger partial charge is 0.303 e. The maximum absolute atomic E-state index is 11.6. The highest BCUT2D eigenvalue weighted by Gasteiger charge is 2.33. The van der Waals surface area contributed by atoms with Gasteiger partial charge in [-0.05, 0) is 44.1 Å². The number of hydrogen-bond acceptors (Lipinski definition) is 6. The predicted octanol–water partition coefficient (Wildman–Crippen LogP) is 3.66. The van der Waals surface area contributed by atoms with Gasteiger partial charge >= 0.3 is 17.9 Å². The normalized spacial score (nSPS) is 26.7. The molecule has 0 aromatic rings. The number of carbonyl (C=O) groups is 3. The SMILES string of the molecule is C=C(C)[C@@H]1C[C@H](OC(C)=O)C(=C)[C@H](OC(C)=O)CCC(=C)[C@H](OC(C)=O)C1. The van der Waals surface area contributed by atoms with Gasteiger partial charge in [-0.1, -0.05) is 25.3 Å². The molecule has 150 valence electrons. The minimum Gasteiger partial charge on any atom is -0.458 e. The lowest BCUT2D eigenvalue weighted by molar-refractivity contribution is -0.148. The first kappa shape index (κ1) is 22.7. The third kappa shape index (κ3) is 7.41. The van der Waals surface area contributed by atoms with Gasteiger partial charge in [-0.3, -0.25) is 14.4 Å². The van der Waals surface area contributed by atoms with E-state index in [1.807, 2.05) is 6.92 Å². The Bertz CT molecular complexity index is 633. The van der Waals surface area contributed by atoms with Crippen LogP contribution in [0.5, 0.6) is 0 Å². The van der Waals surface area contributed by atoms with Gasteiger partial charge in [-0.25, -0.2) is 0 Å². The summed E-state index contributed by atoms with van der Waals surface area (Å²) in [6.07, 6.45) is 0.0813. The van der Waals surface area contributed by atoms with Crippen molar-refractivity contribution in [1.82, 2.24) is 0 Å². The van der Waals surface area contributed by atoms with E-state index in [1.165, 1.54) is 20.8 Å². The molecule has 1 rings (SSSR count). The number of rotatable bonds is 4. The molecule has 0 aromatic heterocycles. The zero-order valence-electron chi connectivity index (χ0n) is 16.7. The molecule has 6 nitrogen and oxygen atoms in total. The second-order valence-electron chi connectivity index (χ2n) is 7.08. The average molecular weight is 378 g/mol. The molecule has 4 atom stereocenters. The van der Waals surface area contributed by atoms with Gasteiger partial charge in [0.05, 0.1) is 0 Å². The van der Waals surface area contributed by atoms with Crippen molar-refractivity contribution in [3.63, 3.8) is 0 Å². The first-order valence-electron chi connectivity index (χ1n) is 9.04. The summed E-state index contributed by atoms with van der Waals surface area (Å²) >= 11 is 0. The van der Waals surface area contributed by atoms with Crippen molar-refractivity contribution in [1.29, 1.82) is 0 Å². The maximum atomic E-state index is 11.6. The fourth-order valence-corrected chi connectivity index (χ4v) is 3.19. The van der Waals surface area contributed by atoms with Crippen LogP contribution < -0.4 is 0 Å². The number of hydrogen-bond donors (Lipinski definition) is 0. The second-order valence-corrected chi connectivity index (χ2v) is 7.08. The molecule has 0 aliphatic heterocycles. The van der Waals surface area contributed by atoms with E-state index in [0.29, 0.717) is 31.3 Å². The van der Waals surface area contributed by atoms with Crippen LogP contribution in [0.2, 0.25) is 0 Å². The number of allylic oxidation sites excluding steroid dienone is 1. The Labute approximate surface area is 161 Å². The van der Waals surface area contributed by atoms with Crippen LogP contribution in [0.25, 0.3) is 0 Å². The number of carbonyl (C=O) groups excluding carboxylic acids is 3. The zero-order chi connectivity index (χ0) is 20.7. The van der Waals surface area contributed by atoms with Crippen molar-refractivity contribution in [3.8, 4) is 0 Å². The van der Waals surface area contributed by atoms with Gasteiger partial charge in [0, 0.05) is 26.3 Å². The molecule has 0 amide bonds. The molecule has 1 saturated carbocycles. The van der Waals surface area contributed by atoms with Crippen molar-refractivity contribution in [2.45, 2.75) is 71.7 Å². The predicted molar refractivity (Wildman–Crippen MR) is 102 cm³/mol. The maximum Gasteiger partial charge on any atom is 0.303 e. The topological polar surface area (TPSA) is 78.9 Å². The average Bonchev–Trinajstić information content (AvgIpc) is 2.53. The Morgan fingerprint density at radius 2 is 1.26 bits per heavy atom. The largest absolute Gasteiger partial charge is 0.458 e. The van der Waals surface area contributed by atoms with E-state index < -0.39 is 36.2 Å². The molecule has 1 aliphatic carbocycles. The lowest BCUT2D eigenvalue weighted by Gasteiger charge is -2.33. The second kappa shape index (κ2) is 10.1. The highest BCUT2D eigenvalue weighted by molar-refractivity contribution is 5.67. The summed E-state index contributed by atoms with van der Waals surface area (Å²) in [6.45, 7) is 18.0. The lowest BCUT2D eigenvalue weighted by Crippen LogP contribution is -2.34. The molecule has 1 aliphatic rings. The summed E-state index contributed by atoms with van der Waals surface area (Å²) in [6, 6.07) is 0. The Balaban J connectivity index is 3.24. The van der Waals surface area contributed by atoms with Crippen LogP contribution in [0.3, 0.4) is 0 Å². The van der Waals surface area contributed by atoms with Crippen molar-refractivity contribution in [2.24, 2.45) is 5.92 Å². The molecule has 0 spiro atoms. The van der Waals surface area contributed by atoms with Crippen LogP contribution in [0, 0.1) is 5.92 Å². The number of esters is 3. The highest BCUT2D eigenvalue weighted by atomic mass is 16.6. The van der Waals surface area contributed by atoms with Crippen LogP contribution in [-0.4, -0.2) is 36.2 Å². The molecular formula is C21H30O6. The van der Waals surface area contributed by atoms with Crippen LogP contribution in [-0.2, 0) is 28.6 Å². The third-order valence-corrected chi connectivity index (χ3v) is 4.63. The summed E-state index contributed by atoms with van der Waals surface area (Å²) < 4.78 is 16.3. The molecule has 0 unspecified atom stereocenters. The molecular weight excluding hydrogens is 348 g/mol. The minimum absolute atomic E-state index is 0.0942. The summed E-state index contributed by atoms with van der Waals surface area (Å²) in [5.41, 5.74) is 2.15. The Morgan fingerprint density at radius 1 is 0.815 bits per heavy atom. The van der Waals surface area contributed by atoms with Crippen molar-refractivity contribution < 1.29 is 28.6 Å². The minimum atomic E-state index is -0.627. The number of ether oxygens (including phenoxy) is 3. The molecule has 0 bridgehead atoms. The van der Waals surface area contributed by atoms with Crippen LogP contribution in [0.15, 0.2) is 36.5 Å². The Kier molecular flexibility index (Phi) is 8.47. The van der Waals surface area contributed by atoms with Gasteiger partial charge in [-0.15, -0.1) is 0 Å². The van der Waals surface area contributed by atoms with Gasteiger partial charge < -0.3 is 14.2 Å². The quantitative estimate of drug-likeness (QED) is 0.422. The zero-order valence-corrected chi connectivity index (χ0v) is 16.7. The van der Waals surface area contributed by atoms with E-state index in [2.05, 4.69) is 19.7 Å². The summed E-state index contributed by atoms with van der Waals surface area (Å²) in [5, 5.41) is 0. The van der Waals surface area contributed by atoms with Crippen LogP contribution in [0.4, 0.5) is 0 Å². The summed E-state index contributed by atoms with van der Waals surface area (Å²) in [5.74, 6) is -1.38. The molecule has 0 saturated heterocycles. The molecule has 0 N–H and O–H groups in total. The Morgan fingerprint density at radius 3 is 1.74 bits per heavy atom. The molecule has 0 radical (unpaired) electrons. The van der Waals surface area contributed by atoms with Crippen molar-refractivity contribution in [2.75, 3.05) is 0 Å². The standard InChI is InChI=1S/C21H30O6/c1-12(2)18-10-20(26-16(6)23)13(3)8-9-19(25-15(5)22)14(4)21(11-18)27-17(7)24/h18-21H,1,3-4,8-11H2,2,5-7H3/t18-,19+,20+,21-/m0/s1. The van der Waals surface area contributed by atoms with Crippen molar-refractivity contribution in [3.05, 3.63) is 36.5 Å². The summed E-state index contributed by atoms with van der Waals surface area (Å²) in [4.78, 5) is 34.6. The fourth-order valence-electron chi connectivity index (χ4n) is 3.19. The molecule has 27 heavy (non-hydrogen) atoms. The van der Waals surface area contributed by atoms with E-state index >= 15 is 0 Å². The van der Waals surface area contributed by atoms with Crippen LogP contribution >= 0.6 is 0 Å². The van der Waals surface area contributed by atoms with Gasteiger partial charge in [-0.2, -0.15) is 0 Å². The van der Waals surface area contributed by atoms with Gasteiger partial charge in [0.2, 0.25) is 0 Å². The van der Waals surface area contributed by atoms with E-state index in [9.17, 15) is 14.4 Å².